The number of rotatable bonds is 5. The van der Waals surface area contributed by atoms with Crippen molar-refractivity contribution in [3.63, 3.8) is 0 Å². The first-order valence-corrected chi connectivity index (χ1v) is 9.16. The molecule has 1 atom stereocenters. The molecule has 2 N–H and O–H groups in total. The molecule has 0 bridgehead atoms. The molecular formula is C18H21N5O2S. The number of carbonyl (C=O) groups is 1. The Bertz CT molecular complexity index is 1020. The van der Waals surface area contributed by atoms with Crippen LogP contribution in [0.15, 0.2) is 34.2 Å². The number of nitrogens with zero attached hydrogens (tertiary/aromatic N) is 3. The zero-order valence-corrected chi connectivity index (χ0v) is 16.0. The lowest BCUT2D eigenvalue weighted by Gasteiger charge is -2.11. The largest absolute Gasteiger partial charge is 0.351 e. The van der Waals surface area contributed by atoms with Crippen LogP contribution in [0, 0.1) is 13.8 Å². The molecule has 3 aromatic rings. The van der Waals surface area contributed by atoms with E-state index in [1.54, 1.807) is 13.8 Å². The van der Waals surface area contributed by atoms with Gasteiger partial charge in [0, 0.05) is 25.4 Å². The van der Waals surface area contributed by atoms with Gasteiger partial charge < -0.3 is 14.9 Å². The van der Waals surface area contributed by atoms with E-state index < -0.39 is 0 Å². The fraction of sp³-hybridized carbons (Fsp3) is 0.333. The van der Waals surface area contributed by atoms with Gasteiger partial charge in [0.1, 0.15) is 5.82 Å². The zero-order chi connectivity index (χ0) is 18.8. The number of aromatic amines is 1. The van der Waals surface area contributed by atoms with Gasteiger partial charge in [0.2, 0.25) is 5.91 Å². The molecule has 0 unspecified atom stereocenters. The minimum atomic E-state index is -0.374. The van der Waals surface area contributed by atoms with Crippen LogP contribution in [0.4, 0.5) is 0 Å². The van der Waals surface area contributed by atoms with E-state index in [1.807, 2.05) is 36.7 Å². The predicted octanol–water partition coefficient (Wildman–Crippen LogP) is 2.07. The topological polar surface area (TPSA) is 92.7 Å². The molecule has 26 heavy (non-hydrogen) atoms. The predicted molar refractivity (Wildman–Crippen MR) is 102 cm³/mol. The summed E-state index contributed by atoms with van der Waals surface area (Å²) in [7, 11) is 1.98. The highest BCUT2D eigenvalue weighted by Crippen LogP contribution is 2.19. The SMILES string of the molecule is Cc1cc(=O)[nH]c(S[C@H](C)C(=O)NCc2ccc3c(c2)nc(C)n3C)n1. The van der Waals surface area contributed by atoms with Crippen LogP contribution in [0.2, 0.25) is 0 Å². The number of thioether (sulfide) groups is 1. The molecule has 136 valence electrons. The molecule has 0 saturated heterocycles. The van der Waals surface area contributed by atoms with Crippen molar-refractivity contribution >= 4 is 28.7 Å². The summed E-state index contributed by atoms with van der Waals surface area (Å²) in [6.45, 7) is 5.92. The maximum Gasteiger partial charge on any atom is 0.251 e. The van der Waals surface area contributed by atoms with Gasteiger partial charge in [-0.1, -0.05) is 17.8 Å². The quantitative estimate of drug-likeness (QED) is 0.529. The summed E-state index contributed by atoms with van der Waals surface area (Å²) in [5.74, 6) is 0.835. The van der Waals surface area contributed by atoms with Crippen LogP contribution in [0.3, 0.4) is 0 Å². The Labute approximate surface area is 155 Å². The van der Waals surface area contributed by atoms with Crippen molar-refractivity contribution in [3.05, 3.63) is 51.7 Å². The molecule has 1 amide bonds. The first-order chi connectivity index (χ1) is 12.3. The standard InChI is InChI=1S/C18H21N5O2S/c1-10-7-16(24)22-18(20-10)26-11(2)17(25)19-9-13-5-6-15-14(8-13)21-12(3)23(15)4/h5-8,11H,9H2,1-4H3,(H,19,25)(H,20,22,24)/t11-/m1/s1. The van der Waals surface area contributed by atoms with E-state index in [-0.39, 0.29) is 16.7 Å². The van der Waals surface area contributed by atoms with Crippen molar-refractivity contribution in [2.45, 2.75) is 37.7 Å². The molecule has 1 aromatic carbocycles. The smallest absolute Gasteiger partial charge is 0.251 e. The van der Waals surface area contributed by atoms with Crippen LogP contribution in [0.1, 0.15) is 24.0 Å². The van der Waals surface area contributed by atoms with Crippen molar-refractivity contribution in [1.29, 1.82) is 0 Å². The van der Waals surface area contributed by atoms with Crippen molar-refractivity contribution in [2.24, 2.45) is 7.05 Å². The molecule has 0 saturated carbocycles. The van der Waals surface area contributed by atoms with Crippen molar-refractivity contribution < 1.29 is 4.79 Å². The second-order valence-electron chi connectivity index (χ2n) is 6.21. The summed E-state index contributed by atoms with van der Waals surface area (Å²) in [5.41, 5.74) is 3.38. The van der Waals surface area contributed by atoms with Gasteiger partial charge in [0.15, 0.2) is 5.16 Å². The molecule has 2 heterocycles. The number of aryl methyl sites for hydroxylation is 3. The van der Waals surface area contributed by atoms with Crippen molar-refractivity contribution in [3.8, 4) is 0 Å². The maximum absolute atomic E-state index is 12.3. The number of nitrogens with one attached hydrogen (secondary N) is 2. The molecule has 0 aliphatic carbocycles. The van der Waals surface area contributed by atoms with Crippen LogP contribution < -0.4 is 10.9 Å². The van der Waals surface area contributed by atoms with E-state index >= 15 is 0 Å². The summed E-state index contributed by atoms with van der Waals surface area (Å²) in [6, 6.07) is 7.40. The zero-order valence-electron chi connectivity index (χ0n) is 15.2. The van der Waals surface area contributed by atoms with Crippen LogP contribution in [-0.2, 0) is 18.4 Å². The monoisotopic (exact) mass is 371 g/mol. The Morgan fingerprint density at radius 3 is 2.81 bits per heavy atom. The fourth-order valence-electron chi connectivity index (χ4n) is 2.64. The Hall–Kier alpha value is -2.61. The number of aromatic nitrogens is 4. The Balaban J connectivity index is 1.63. The van der Waals surface area contributed by atoms with E-state index in [4.69, 9.17) is 0 Å². The van der Waals surface area contributed by atoms with Crippen molar-refractivity contribution in [2.75, 3.05) is 0 Å². The summed E-state index contributed by atoms with van der Waals surface area (Å²) in [4.78, 5) is 35.2. The fourth-order valence-corrected chi connectivity index (χ4v) is 3.52. The van der Waals surface area contributed by atoms with Crippen LogP contribution in [-0.4, -0.2) is 30.7 Å². The Kier molecular flexibility index (Phi) is 5.13. The number of hydrogen-bond donors (Lipinski definition) is 2. The molecule has 8 heteroatoms. The lowest BCUT2D eigenvalue weighted by atomic mass is 10.2. The number of hydrogen-bond acceptors (Lipinski definition) is 5. The van der Waals surface area contributed by atoms with Gasteiger partial charge in [0.05, 0.1) is 16.3 Å². The highest BCUT2D eigenvalue weighted by Gasteiger charge is 2.16. The van der Waals surface area contributed by atoms with Gasteiger partial charge in [-0.3, -0.25) is 9.59 Å². The maximum atomic E-state index is 12.3. The number of imidazole rings is 1. The van der Waals surface area contributed by atoms with Gasteiger partial charge in [-0.15, -0.1) is 0 Å². The third-order valence-electron chi connectivity index (χ3n) is 4.14. The third kappa shape index (κ3) is 3.96. The summed E-state index contributed by atoms with van der Waals surface area (Å²) in [6.07, 6.45) is 0. The van der Waals surface area contributed by atoms with Gasteiger partial charge in [-0.05, 0) is 38.5 Å². The third-order valence-corrected chi connectivity index (χ3v) is 5.13. The molecule has 0 aliphatic heterocycles. The van der Waals surface area contributed by atoms with E-state index in [2.05, 4.69) is 20.3 Å². The Morgan fingerprint density at radius 1 is 1.31 bits per heavy atom. The number of fused-ring (bicyclic) bond motifs is 1. The molecule has 0 fully saturated rings. The van der Waals surface area contributed by atoms with Crippen molar-refractivity contribution in [1.82, 2.24) is 24.8 Å². The number of carbonyl (C=O) groups excluding carboxylic acids is 1. The van der Waals surface area contributed by atoms with E-state index in [9.17, 15) is 9.59 Å². The summed E-state index contributed by atoms with van der Waals surface area (Å²) < 4.78 is 2.03. The minimum Gasteiger partial charge on any atom is -0.351 e. The minimum absolute atomic E-state index is 0.114. The lowest BCUT2D eigenvalue weighted by molar-refractivity contribution is -0.120. The molecule has 2 aromatic heterocycles. The molecule has 7 nitrogen and oxygen atoms in total. The van der Waals surface area contributed by atoms with Gasteiger partial charge in [-0.25, -0.2) is 9.97 Å². The van der Waals surface area contributed by atoms with E-state index in [1.165, 1.54) is 17.8 Å². The normalized spacial score (nSPS) is 12.3. The number of H-pyrrole nitrogens is 1. The first-order valence-electron chi connectivity index (χ1n) is 8.28. The molecule has 0 spiro atoms. The van der Waals surface area contributed by atoms with Crippen LogP contribution >= 0.6 is 11.8 Å². The highest BCUT2D eigenvalue weighted by atomic mass is 32.2. The second-order valence-corrected chi connectivity index (χ2v) is 7.54. The average molecular weight is 371 g/mol. The summed E-state index contributed by atoms with van der Waals surface area (Å²) >= 11 is 1.23. The lowest BCUT2D eigenvalue weighted by Crippen LogP contribution is -2.30. The first kappa shape index (κ1) is 18.2. The molecule has 3 rings (SSSR count). The number of amides is 1. The van der Waals surface area contributed by atoms with E-state index in [0.29, 0.717) is 17.4 Å². The van der Waals surface area contributed by atoms with Gasteiger partial charge in [-0.2, -0.15) is 0 Å². The Morgan fingerprint density at radius 2 is 2.08 bits per heavy atom. The van der Waals surface area contributed by atoms with E-state index in [0.717, 1.165) is 22.4 Å². The highest BCUT2D eigenvalue weighted by molar-refractivity contribution is 8.00. The molecule has 0 radical (unpaired) electrons. The average Bonchev–Trinajstić information content (AvgIpc) is 2.85. The van der Waals surface area contributed by atoms with Gasteiger partial charge >= 0.3 is 0 Å². The molecule has 0 aliphatic rings. The van der Waals surface area contributed by atoms with Crippen LogP contribution in [0.5, 0.6) is 0 Å². The number of benzene rings is 1. The van der Waals surface area contributed by atoms with Crippen LogP contribution in [0.25, 0.3) is 11.0 Å². The van der Waals surface area contributed by atoms with Gasteiger partial charge in [0.25, 0.3) is 5.56 Å². The summed E-state index contributed by atoms with van der Waals surface area (Å²) in [5, 5.41) is 2.99. The second kappa shape index (κ2) is 7.33. The molecular weight excluding hydrogens is 350 g/mol.